The lowest BCUT2D eigenvalue weighted by Gasteiger charge is -2.14. The zero-order valence-electron chi connectivity index (χ0n) is 7.87. The molecular formula is C8H16BrNO2S. The van der Waals surface area contributed by atoms with Crippen LogP contribution in [-0.4, -0.2) is 36.9 Å². The summed E-state index contributed by atoms with van der Waals surface area (Å²) in [5.74, 6) is 0.786. The molecule has 1 atom stereocenters. The maximum Gasteiger partial charge on any atom is 0.213 e. The van der Waals surface area contributed by atoms with Crippen LogP contribution in [0.25, 0.3) is 0 Å². The van der Waals surface area contributed by atoms with Gasteiger partial charge in [0, 0.05) is 18.4 Å². The van der Waals surface area contributed by atoms with E-state index in [1.54, 1.807) is 11.2 Å². The summed E-state index contributed by atoms with van der Waals surface area (Å²) in [5.41, 5.74) is 0. The van der Waals surface area contributed by atoms with Crippen molar-refractivity contribution in [1.82, 2.24) is 4.31 Å². The Balaban J connectivity index is 2.50. The molecule has 1 heterocycles. The molecule has 0 aromatic rings. The van der Waals surface area contributed by atoms with E-state index in [-0.39, 0.29) is 5.75 Å². The molecule has 1 fully saturated rings. The highest BCUT2D eigenvalue weighted by Gasteiger charge is 2.29. The van der Waals surface area contributed by atoms with Crippen LogP contribution in [-0.2, 0) is 10.0 Å². The van der Waals surface area contributed by atoms with Gasteiger partial charge in [-0.25, -0.2) is 12.7 Å². The number of alkyl halides is 1. The quantitative estimate of drug-likeness (QED) is 0.725. The van der Waals surface area contributed by atoms with E-state index < -0.39 is 10.0 Å². The highest BCUT2D eigenvalue weighted by molar-refractivity contribution is 9.09. The summed E-state index contributed by atoms with van der Waals surface area (Å²) >= 11 is 3.38. The zero-order valence-corrected chi connectivity index (χ0v) is 10.3. The third kappa shape index (κ3) is 2.92. The number of halogens is 1. The van der Waals surface area contributed by atoms with E-state index in [9.17, 15) is 8.42 Å². The van der Waals surface area contributed by atoms with Gasteiger partial charge in [-0.2, -0.15) is 0 Å². The molecule has 0 aromatic heterocycles. The Bertz CT molecular complexity index is 253. The molecule has 1 unspecified atom stereocenters. The fourth-order valence-corrected chi connectivity index (χ4v) is 3.46. The Morgan fingerprint density at radius 2 is 2.23 bits per heavy atom. The first-order chi connectivity index (χ1) is 6.10. The smallest absolute Gasteiger partial charge is 0.212 e. The monoisotopic (exact) mass is 269 g/mol. The average molecular weight is 270 g/mol. The Hall–Kier alpha value is 0.390. The van der Waals surface area contributed by atoms with E-state index in [2.05, 4.69) is 15.9 Å². The number of nitrogens with zero attached hydrogens (tertiary/aromatic N) is 1. The van der Waals surface area contributed by atoms with Crippen LogP contribution in [0.4, 0.5) is 0 Å². The van der Waals surface area contributed by atoms with Gasteiger partial charge < -0.3 is 0 Å². The molecule has 0 aromatic carbocycles. The van der Waals surface area contributed by atoms with Crippen molar-refractivity contribution in [3.8, 4) is 0 Å². The topological polar surface area (TPSA) is 37.4 Å². The minimum absolute atomic E-state index is 0.230. The van der Waals surface area contributed by atoms with Crippen molar-refractivity contribution in [3.05, 3.63) is 0 Å². The van der Waals surface area contributed by atoms with E-state index in [0.717, 1.165) is 24.7 Å². The molecule has 0 radical (unpaired) electrons. The van der Waals surface area contributed by atoms with Crippen LogP contribution in [0.5, 0.6) is 0 Å². The molecule has 0 saturated carbocycles. The van der Waals surface area contributed by atoms with Crippen molar-refractivity contribution in [2.45, 2.75) is 19.8 Å². The molecule has 13 heavy (non-hydrogen) atoms. The second-order valence-electron chi connectivity index (χ2n) is 3.39. The molecule has 0 spiro atoms. The van der Waals surface area contributed by atoms with Crippen molar-refractivity contribution in [2.75, 3.05) is 24.2 Å². The summed E-state index contributed by atoms with van der Waals surface area (Å²) < 4.78 is 24.6. The molecule has 0 N–H and O–H groups in total. The van der Waals surface area contributed by atoms with Crippen LogP contribution in [0.3, 0.4) is 0 Å². The number of rotatable bonds is 4. The maximum atomic E-state index is 11.5. The largest absolute Gasteiger partial charge is 0.213 e. The van der Waals surface area contributed by atoms with Gasteiger partial charge in [0.2, 0.25) is 10.0 Å². The summed E-state index contributed by atoms with van der Waals surface area (Å²) in [7, 11) is -2.93. The van der Waals surface area contributed by atoms with E-state index in [0.29, 0.717) is 12.5 Å². The van der Waals surface area contributed by atoms with E-state index in [1.807, 2.05) is 0 Å². The standard InChI is InChI=1S/C8H16BrNO2S/c1-2-13(11,12)10-6-4-8(7-10)3-5-9/h8H,2-7H2,1H3. The Kier molecular flexibility index (Phi) is 4.19. The maximum absolute atomic E-state index is 11.5. The fourth-order valence-electron chi connectivity index (χ4n) is 1.62. The van der Waals surface area contributed by atoms with Crippen LogP contribution in [0.2, 0.25) is 0 Å². The van der Waals surface area contributed by atoms with Crippen molar-refractivity contribution in [2.24, 2.45) is 5.92 Å². The van der Waals surface area contributed by atoms with Crippen LogP contribution in [0.15, 0.2) is 0 Å². The van der Waals surface area contributed by atoms with E-state index in [4.69, 9.17) is 0 Å². The minimum Gasteiger partial charge on any atom is -0.212 e. The molecule has 1 aliphatic rings. The molecule has 0 aliphatic carbocycles. The fraction of sp³-hybridized carbons (Fsp3) is 1.00. The van der Waals surface area contributed by atoms with Gasteiger partial charge in [-0.3, -0.25) is 0 Å². The van der Waals surface area contributed by atoms with Gasteiger partial charge in [-0.05, 0) is 25.7 Å². The first-order valence-electron chi connectivity index (χ1n) is 4.64. The normalized spacial score (nSPS) is 25.2. The first kappa shape index (κ1) is 11.5. The lowest BCUT2D eigenvalue weighted by Crippen LogP contribution is -2.30. The number of sulfonamides is 1. The second-order valence-corrected chi connectivity index (χ2v) is 6.44. The van der Waals surface area contributed by atoms with Crippen LogP contribution in [0, 0.1) is 5.92 Å². The Labute approximate surface area is 88.7 Å². The third-order valence-corrected chi connectivity index (χ3v) is 4.83. The Morgan fingerprint density at radius 1 is 1.54 bits per heavy atom. The van der Waals surface area contributed by atoms with Gasteiger partial charge in [0.25, 0.3) is 0 Å². The van der Waals surface area contributed by atoms with Crippen LogP contribution >= 0.6 is 15.9 Å². The average Bonchev–Trinajstić information content (AvgIpc) is 2.54. The summed E-state index contributed by atoms with van der Waals surface area (Å²) in [6.07, 6.45) is 2.10. The van der Waals surface area contributed by atoms with Gasteiger partial charge in [0.15, 0.2) is 0 Å². The van der Waals surface area contributed by atoms with Gasteiger partial charge in [-0.1, -0.05) is 15.9 Å². The lowest BCUT2D eigenvalue weighted by atomic mass is 10.1. The number of hydrogen-bond donors (Lipinski definition) is 0. The molecule has 0 amide bonds. The Morgan fingerprint density at radius 3 is 2.77 bits per heavy atom. The summed E-state index contributed by atoms with van der Waals surface area (Å²) in [6, 6.07) is 0. The highest BCUT2D eigenvalue weighted by atomic mass is 79.9. The minimum atomic E-state index is -2.93. The van der Waals surface area contributed by atoms with Crippen LogP contribution in [0.1, 0.15) is 19.8 Å². The molecule has 0 bridgehead atoms. The van der Waals surface area contributed by atoms with E-state index in [1.165, 1.54) is 0 Å². The highest BCUT2D eigenvalue weighted by Crippen LogP contribution is 2.22. The number of hydrogen-bond acceptors (Lipinski definition) is 2. The van der Waals surface area contributed by atoms with Crippen molar-refractivity contribution >= 4 is 26.0 Å². The van der Waals surface area contributed by atoms with Gasteiger partial charge in [0.1, 0.15) is 0 Å². The van der Waals surface area contributed by atoms with Gasteiger partial charge in [0.05, 0.1) is 5.75 Å². The second kappa shape index (κ2) is 4.75. The molecular weight excluding hydrogens is 254 g/mol. The molecule has 1 aliphatic heterocycles. The molecule has 3 nitrogen and oxygen atoms in total. The molecule has 5 heteroatoms. The van der Waals surface area contributed by atoms with Gasteiger partial charge in [-0.15, -0.1) is 0 Å². The van der Waals surface area contributed by atoms with E-state index >= 15 is 0 Å². The summed E-state index contributed by atoms with van der Waals surface area (Å²) in [4.78, 5) is 0. The van der Waals surface area contributed by atoms with Gasteiger partial charge >= 0.3 is 0 Å². The zero-order chi connectivity index (χ0) is 9.90. The van der Waals surface area contributed by atoms with Crippen LogP contribution < -0.4 is 0 Å². The predicted molar refractivity (Wildman–Crippen MR) is 57.6 cm³/mol. The van der Waals surface area contributed by atoms with Crippen molar-refractivity contribution < 1.29 is 8.42 Å². The predicted octanol–water partition coefficient (Wildman–Crippen LogP) is 1.44. The molecule has 1 saturated heterocycles. The van der Waals surface area contributed by atoms with Crippen molar-refractivity contribution in [3.63, 3.8) is 0 Å². The molecule has 78 valence electrons. The lowest BCUT2D eigenvalue weighted by molar-refractivity contribution is 0.455. The third-order valence-electron chi connectivity index (χ3n) is 2.52. The SMILES string of the molecule is CCS(=O)(=O)N1CCC(CCBr)C1. The van der Waals surface area contributed by atoms with Crippen molar-refractivity contribution in [1.29, 1.82) is 0 Å². The summed E-state index contributed by atoms with van der Waals surface area (Å²) in [5, 5.41) is 0.970. The molecule has 1 rings (SSSR count). The first-order valence-corrected chi connectivity index (χ1v) is 7.37. The summed E-state index contributed by atoms with van der Waals surface area (Å²) in [6.45, 7) is 3.14.